The van der Waals surface area contributed by atoms with Crippen LogP contribution in [0.3, 0.4) is 0 Å². The number of rotatable bonds is 4. The molecule has 3 aromatic rings. The summed E-state index contributed by atoms with van der Waals surface area (Å²) >= 11 is 0. The minimum atomic E-state index is -0.753. The average Bonchev–Trinajstić information content (AvgIpc) is 3.12. The molecule has 1 heterocycles. The van der Waals surface area contributed by atoms with Gasteiger partial charge in [0.05, 0.1) is 7.11 Å². The van der Waals surface area contributed by atoms with Crippen LogP contribution in [0.5, 0.6) is 5.75 Å². The number of nitrogens with two attached hydrogens (primary N) is 1. The Kier molecular flexibility index (Phi) is 4.28. The third-order valence-electron chi connectivity index (χ3n) is 4.82. The number of ether oxygens (including phenoxy) is 2. The number of halogens is 1. The first-order chi connectivity index (χ1) is 13.1. The fraction of sp³-hybridized carbons (Fsp3) is 0.136. The molecule has 27 heavy (non-hydrogen) atoms. The van der Waals surface area contributed by atoms with Crippen LogP contribution in [-0.2, 0) is 10.3 Å². The van der Waals surface area contributed by atoms with Crippen molar-refractivity contribution in [2.24, 2.45) is 10.7 Å². The van der Waals surface area contributed by atoms with Gasteiger partial charge in [0, 0.05) is 5.56 Å². The first-order valence-corrected chi connectivity index (χ1v) is 8.61. The topological polar surface area (TPSA) is 56.8 Å². The van der Waals surface area contributed by atoms with E-state index in [1.165, 1.54) is 7.11 Å². The zero-order valence-corrected chi connectivity index (χ0v) is 14.9. The average molecular weight is 362 g/mol. The Morgan fingerprint density at radius 1 is 1.00 bits per heavy atom. The van der Waals surface area contributed by atoms with E-state index in [0.29, 0.717) is 12.2 Å². The van der Waals surface area contributed by atoms with E-state index >= 15 is 0 Å². The molecular formula is C22H19FN2O2. The molecule has 1 atom stereocenters. The van der Waals surface area contributed by atoms with E-state index in [-0.39, 0.29) is 11.8 Å². The summed E-state index contributed by atoms with van der Waals surface area (Å²) in [5.74, 6) is -0.182. The van der Waals surface area contributed by atoms with Crippen molar-refractivity contribution >= 4 is 6.02 Å². The molecule has 0 aromatic heterocycles. The van der Waals surface area contributed by atoms with Crippen LogP contribution in [-0.4, -0.2) is 19.7 Å². The van der Waals surface area contributed by atoms with Gasteiger partial charge in [-0.1, -0.05) is 60.7 Å². The molecule has 5 heteroatoms. The van der Waals surface area contributed by atoms with E-state index in [1.54, 1.807) is 18.2 Å². The Bertz CT molecular complexity index is 1000. The molecule has 4 rings (SSSR count). The molecular weight excluding hydrogens is 343 g/mol. The minimum absolute atomic E-state index is 0.150. The summed E-state index contributed by atoms with van der Waals surface area (Å²) in [5.41, 5.74) is 8.15. The van der Waals surface area contributed by atoms with Crippen molar-refractivity contribution in [2.45, 2.75) is 5.54 Å². The molecule has 136 valence electrons. The lowest BCUT2D eigenvalue weighted by Crippen LogP contribution is -2.27. The van der Waals surface area contributed by atoms with Crippen LogP contribution < -0.4 is 10.5 Å². The van der Waals surface area contributed by atoms with Crippen molar-refractivity contribution in [3.05, 3.63) is 89.7 Å². The SMILES string of the molecule is COc1cccc(-c2cccc(C3(c4ccccc4)COC(N)=N3)c2)c1F. The Labute approximate surface area is 157 Å². The van der Waals surface area contributed by atoms with Gasteiger partial charge < -0.3 is 15.2 Å². The van der Waals surface area contributed by atoms with E-state index in [0.717, 1.165) is 16.7 Å². The van der Waals surface area contributed by atoms with Crippen LogP contribution in [0.15, 0.2) is 77.8 Å². The lowest BCUT2D eigenvalue weighted by atomic mass is 9.83. The maximum Gasteiger partial charge on any atom is 0.283 e. The second-order valence-electron chi connectivity index (χ2n) is 6.37. The summed E-state index contributed by atoms with van der Waals surface area (Å²) in [6.07, 6.45) is 0. The number of benzene rings is 3. The largest absolute Gasteiger partial charge is 0.494 e. The van der Waals surface area contributed by atoms with Crippen LogP contribution in [0.4, 0.5) is 4.39 Å². The number of methoxy groups -OCH3 is 1. The molecule has 0 fully saturated rings. The van der Waals surface area contributed by atoms with Gasteiger partial charge in [-0.2, -0.15) is 0 Å². The molecule has 0 saturated heterocycles. The van der Waals surface area contributed by atoms with Crippen LogP contribution >= 0.6 is 0 Å². The molecule has 0 amide bonds. The number of hydrogen-bond donors (Lipinski definition) is 1. The normalized spacial score (nSPS) is 18.7. The predicted molar refractivity (Wildman–Crippen MR) is 103 cm³/mol. The highest BCUT2D eigenvalue weighted by atomic mass is 19.1. The van der Waals surface area contributed by atoms with Crippen LogP contribution in [0.25, 0.3) is 11.1 Å². The van der Waals surface area contributed by atoms with Crippen LogP contribution in [0, 0.1) is 5.82 Å². The molecule has 1 unspecified atom stereocenters. The molecule has 0 aliphatic carbocycles. The number of amidine groups is 1. The summed E-state index contributed by atoms with van der Waals surface area (Å²) in [6.45, 7) is 0.299. The second kappa shape index (κ2) is 6.76. The molecule has 0 bridgehead atoms. The fourth-order valence-electron chi connectivity index (χ4n) is 3.44. The van der Waals surface area contributed by atoms with Crippen molar-refractivity contribution in [2.75, 3.05) is 13.7 Å². The Morgan fingerprint density at radius 3 is 2.44 bits per heavy atom. The maximum atomic E-state index is 14.8. The molecule has 1 aliphatic heterocycles. The summed E-state index contributed by atoms with van der Waals surface area (Å²) in [7, 11) is 1.45. The molecule has 0 radical (unpaired) electrons. The monoisotopic (exact) mass is 362 g/mol. The van der Waals surface area contributed by atoms with E-state index < -0.39 is 11.4 Å². The van der Waals surface area contributed by atoms with Gasteiger partial charge in [-0.3, -0.25) is 0 Å². The Balaban J connectivity index is 1.87. The molecule has 3 aromatic carbocycles. The summed E-state index contributed by atoms with van der Waals surface area (Å²) in [4.78, 5) is 4.61. The highest BCUT2D eigenvalue weighted by Gasteiger charge is 2.40. The zero-order chi connectivity index (χ0) is 18.9. The number of nitrogens with zero attached hydrogens (tertiary/aromatic N) is 1. The summed E-state index contributed by atoms with van der Waals surface area (Å²) in [6, 6.07) is 22.7. The lowest BCUT2D eigenvalue weighted by molar-refractivity contribution is 0.278. The van der Waals surface area contributed by atoms with Gasteiger partial charge in [0.15, 0.2) is 17.1 Å². The van der Waals surface area contributed by atoms with E-state index in [2.05, 4.69) is 4.99 Å². The molecule has 1 aliphatic rings. The van der Waals surface area contributed by atoms with Crippen LogP contribution in [0.2, 0.25) is 0 Å². The quantitative estimate of drug-likeness (QED) is 0.760. The van der Waals surface area contributed by atoms with Gasteiger partial charge in [0.25, 0.3) is 6.02 Å². The molecule has 2 N–H and O–H groups in total. The molecule has 0 spiro atoms. The van der Waals surface area contributed by atoms with Crippen molar-refractivity contribution in [3.8, 4) is 16.9 Å². The molecule has 0 saturated carbocycles. The second-order valence-corrected chi connectivity index (χ2v) is 6.37. The zero-order valence-electron chi connectivity index (χ0n) is 14.9. The van der Waals surface area contributed by atoms with E-state index in [1.807, 2.05) is 54.6 Å². The van der Waals surface area contributed by atoms with Gasteiger partial charge in [0.1, 0.15) is 6.61 Å². The van der Waals surface area contributed by atoms with Crippen molar-refractivity contribution in [3.63, 3.8) is 0 Å². The van der Waals surface area contributed by atoms with Crippen LogP contribution in [0.1, 0.15) is 11.1 Å². The third-order valence-corrected chi connectivity index (χ3v) is 4.82. The first kappa shape index (κ1) is 17.1. The standard InChI is InChI=1S/C22H19FN2O2/c1-26-19-12-6-11-18(20(19)23)15-7-5-10-17(13-15)22(14-27-21(24)25-22)16-8-3-2-4-9-16/h2-13H,14H2,1H3,(H2,24,25). The smallest absolute Gasteiger partial charge is 0.283 e. The van der Waals surface area contributed by atoms with E-state index in [4.69, 9.17) is 15.2 Å². The highest BCUT2D eigenvalue weighted by molar-refractivity contribution is 5.76. The molecule has 4 nitrogen and oxygen atoms in total. The van der Waals surface area contributed by atoms with Gasteiger partial charge >= 0.3 is 0 Å². The van der Waals surface area contributed by atoms with Crippen molar-refractivity contribution < 1.29 is 13.9 Å². The number of hydrogen-bond acceptors (Lipinski definition) is 4. The Hall–Kier alpha value is -3.34. The number of aliphatic imine (C=N–C) groups is 1. The van der Waals surface area contributed by atoms with E-state index in [9.17, 15) is 4.39 Å². The predicted octanol–water partition coefficient (Wildman–Crippen LogP) is 4.09. The van der Waals surface area contributed by atoms with Gasteiger partial charge in [-0.25, -0.2) is 9.38 Å². The Morgan fingerprint density at radius 2 is 1.74 bits per heavy atom. The van der Waals surface area contributed by atoms with Gasteiger partial charge in [-0.15, -0.1) is 0 Å². The van der Waals surface area contributed by atoms with Gasteiger partial charge in [0.2, 0.25) is 0 Å². The maximum absolute atomic E-state index is 14.8. The first-order valence-electron chi connectivity index (χ1n) is 8.61. The van der Waals surface area contributed by atoms with Crippen molar-refractivity contribution in [1.82, 2.24) is 0 Å². The summed E-state index contributed by atoms with van der Waals surface area (Å²) in [5, 5.41) is 0. The van der Waals surface area contributed by atoms with Crippen molar-refractivity contribution in [1.29, 1.82) is 0 Å². The minimum Gasteiger partial charge on any atom is -0.494 e. The fourth-order valence-corrected chi connectivity index (χ4v) is 3.44. The third kappa shape index (κ3) is 2.91. The lowest BCUT2D eigenvalue weighted by Gasteiger charge is -2.25. The highest BCUT2D eigenvalue weighted by Crippen LogP contribution is 2.39. The van der Waals surface area contributed by atoms with Gasteiger partial charge in [-0.05, 0) is 28.8 Å². The summed E-state index contributed by atoms with van der Waals surface area (Å²) < 4.78 is 25.4.